The monoisotopic (exact) mass is 326 g/mol. The summed E-state index contributed by atoms with van der Waals surface area (Å²) in [7, 11) is 0. The van der Waals surface area contributed by atoms with Crippen molar-refractivity contribution in [3.8, 4) is 11.5 Å². The van der Waals surface area contributed by atoms with Crippen LogP contribution >= 0.6 is 11.8 Å². The molecule has 1 aliphatic carbocycles. The number of carbonyl (C=O) groups excluding carboxylic acids is 1. The van der Waals surface area contributed by atoms with E-state index in [0.717, 1.165) is 52.2 Å². The summed E-state index contributed by atoms with van der Waals surface area (Å²) in [6.07, 6.45) is 4.70. The molecular formula is C19H18O3S. The molecule has 2 aromatic rings. The highest BCUT2D eigenvalue weighted by Gasteiger charge is 2.27. The molecule has 1 heterocycles. The van der Waals surface area contributed by atoms with Crippen LogP contribution in [0.2, 0.25) is 0 Å². The Bertz CT molecular complexity index is 793. The maximum Gasteiger partial charge on any atom is 0.165 e. The zero-order valence-corrected chi connectivity index (χ0v) is 13.5. The van der Waals surface area contributed by atoms with E-state index in [2.05, 4.69) is 0 Å². The third kappa shape index (κ3) is 2.61. The van der Waals surface area contributed by atoms with Crippen LogP contribution < -0.4 is 0 Å². The van der Waals surface area contributed by atoms with Crippen LogP contribution in [0.4, 0.5) is 0 Å². The molecule has 0 atom stereocenters. The molecule has 0 spiro atoms. The van der Waals surface area contributed by atoms with Crippen molar-refractivity contribution in [3.05, 3.63) is 47.0 Å². The van der Waals surface area contributed by atoms with Crippen LogP contribution in [0.15, 0.2) is 40.1 Å². The van der Waals surface area contributed by atoms with Crippen LogP contribution in [0, 0.1) is 5.92 Å². The van der Waals surface area contributed by atoms with E-state index in [1.54, 1.807) is 17.8 Å². The Kier molecular flexibility index (Phi) is 3.57. The van der Waals surface area contributed by atoms with Gasteiger partial charge in [0.1, 0.15) is 11.5 Å². The van der Waals surface area contributed by atoms with Gasteiger partial charge in [0.15, 0.2) is 5.78 Å². The number of benzene rings is 2. The lowest BCUT2D eigenvalue weighted by Crippen LogP contribution is -2.22. The van der Waals surface area contributed by atoms with Crippen molar-refractivity contribution in [3.63, 3.8) is 0 Å². The topological polar surface area (TPSA) is 57.5 Å². The van der Waals surface area contributed by atoms with Gasteiger partial charge in [0.25, 0.3) is 0 Å². The number of Topliss-reactive ketones (excluding diaryl/α,β-unsaturated/α-hetero) is 1. The van der Waals surface area contributed by atoms with Gasteiger partial charge in [-0.25, -0.2) is 0 Å². The molecule has 0 saturated heterocycles. The van der Waals surface area contributed by atoms with E-state index >= 15 is 0 Å². The summed E-state index contributed by atoms with van der Waals surface area (Å²) in [5.41, 5.74) is 2.83. The molecule has 2 aliphatic rings. The van der Waals surface area contributed by atoms with Gasteiger partial charge in [-0.1, -0.05) is 24.2 Å². The molecule has 4 heteroatoms. The number of hydrogen-bond acceptors (Lipinski definition) is 4. The number of aromatic hydroxyl groups is 2. The quantitative estimate of drug-likeness (QED) is 0.807. The highest BCUT2D eigenvalue weighted by atomic mass is 32.2. The molecule has 1 aliphatic heterocycles. The summed E-state index contributed by atoms with van der Waals surface area (Å²) >= 11 is 1.55. The van der Waals surface area contributed by atoms with Gasteiger partial charge in [0.05, 0.1) is 0 Å². The molecule has 1 saturated carbocycles. The predicted molar refractivity (Wildman–Crippen MR) is 89.4 cm³/mol. The summed E-state index contributed by atoms with van der Waals surface area (Å²) in [6.45, 7) is 0. The lowest BCUT2D eigenvalue weighted by atomic mass is 9.79. The van der Waals surface area contributed by atoms with E-state index in [4.69, 9.17) is 0 Å². The Morgan fingerprint density at radius 1 is 1.04 bits per heavy atom. The van der Waals surface area contributed by atoms with Crippen LogP contribution in [0.3, 0.4) is 0 Å². The Hall–Kier alpha value is -1.94. The molecule has 0 aromatic heterocycles. The summed E-state index contributed by atoms with van der Waals surface area (Å²) in [6, 6.07) is 9.02. The van der Waals surface area contributed by atoms with Crippen molar-refractivity contribution in [1.29, 1.82) is 0 Å². The molecule has 2 N–H and O–H groups in total. The number of rotatable bonds is 2. The molecular weight excluding hydrogens is 308 g/mol. The molecule has 23 heavy (non-hydrogen) atoms. The Morgan fingerprint density at radius 3 is 2.61 bits per heavy atom. The third-order valence-corrected chi connectivity index (χ3v) is 6.06. The van der Waals surface area contributed by atoms with Crippen molar-refractivity contribution < 1.29 is 15.0 Å². The lowest BCUT2D eigenvalue weighted by molar-refractivity contribution is 0.0855. The van der Waals surface area contributed by atoms with Gasteiger partial charge < -0.3 is 10.2 Å². The van der Waals surface area contributed by atoms with Crippen molar-refractivity contribution in [2.75, 3.05) is 0 Å². The first kappa shape index (κ1) is 14.6. The fourth-order valence-electron chi connectivity index (χ4n) is 3.27. The highest BCUT2D eigenvalue weighted by Crippen LogP contribution is 2.42. The van der Waals surface area contributed by atoms with Crippen LogP contribution in [0.5, 0.6) is 11.5 Å². The molecule has 0 radical (unpaired) electrons. The Balaban J connectivity index is 1.68. The summed E-state index contributed by atoms with van der Waals surface area (Å²) < 4.78 is 0. The van der Waals surface area contributed by atoms with E-state index in [0.29, 0.717) is 6.42 Å². The maximum atomic E-state index is 12.4. The first-order chi connectivity index (χ1) is 11.1. The van der Waals surface area contributed by atoms with Gasteiger partial charge in [0.2, 0.25) is 0 Å². The van der Waals surface area contributed by atoms with Gasteiger partial charge in [-0.15, -0.1) is 0 Å². The van der Waals surface area contributed by atoms with Crippen LogP contribution in [-0.4, -0.2) is 16.0 Å². The van der Waals surface area contributed by atoms with Crippen molar-refractivity contribution in [1.82, 2.24) is 0 Å². The summed E-state index contributed by atoms with van der Waals surface area (Å²) in [5.74, 6) is 0.705. The predicted octanol–water partition coefficient (Wildman–Crippen LogP) is 4.33. The zero-order valence-electron chi connectivity index (χ0n) is 12.7. The van der Waals surface area contributed by atoms with Gasteiger partial charge in [0, 0.05) is 32.9 Å². The minimum Gasteiger partial charge on any atom is -0.508 e. The summed E-state index contributed by atoms with van der Waals surface area (Å²) in [4.78, 5) is 14.4. The minimum absolute atomic E-state index is 0.0778. The number of phenols is 2. The second kappa shape index (κ2) is 5.60. The average molecular weight is 326 g/mol. The smallest absolute Gasteiger partial charge is 0.165 e. The van der Waals surface area contributed by atoms with E-state index in [1.165, 1.54) is 6.07 Å². The molecule has 4 rings (SSSR count). The standard InChI is InChI=1S/C19H18O3S/c20-14-9-16(21)15-6-4-12-8-13(19(22)11-2-1-3-11)5-7-17(12)23-18(15)10-14/h5,7-11,20-21H,1-4,6H2. The molecule has 0 unspecified atom stereocenters. The fraction of sp³-hybridized carbons (Fsp3) is 0.316. The molecule has 0 amide bonds. The van der Waals surface area contributed by atoms with Crippen LogP contribution in [0.1, 0.15) is 40.7 Å². The average Bonchev–Trinajstić information content (AvgIpc) is 2.63. The Labute approximate surface area is 139 Å². The first-order valence-electron chi connectivity index (χ1n) is 8.01. The first-order valence-corrected chi connectivity index (χ1v) is 8.83. The minimum atomic E-state index is 0.0778. The second-order valence-electron chi connectivity index (χ2n) is 6.36. The van der Waals surface area contributed by atoms with Gasteiger partial charge >= 0.3 is 0 Å². The van der Waals surface area contributed by atoms with E-state index in [-0.39, 0.29) is 23.2 Å². The van der Waals surface area contributed by atoms with Gasteiger partial charge in [-0.3, -0.25) is 4.79 Å². The Morgan fingerprint density at radius 2 is 1.87 bits per heavy atom. The number of ketones is 1. The third-order valence-electron chi connectivity index (χ3n) is 4.86. The maximum absolute atomic E-state index is 12.4. The van der Waals surface area contributed by atoms with Crippen molar-refractivity contribution in [2.45, 2.75) is 41.9 Å². The number of carbonyl (C=O) groups is 1. The fourth-order valence-corrected chi connectivity index (χ4v) is 4.45. The number of aryl methyl sites for hydroxylation is 1. The van der Waals surface area contributed by atoms with Gasteiger partial charge in [-0.2, -0.15) is 0 Å². The van der Waals surface area contributed by atoms with Crippen LogP contribution in [0.25, 0.3) is 0 Å². The van der Waals surface area contributed by atoms with Crippen LogP contribution in [-0.2, 0) is 12.8 Å². The second-order valence-corrected chi connectivity index (χ2v) is 7.44. The number of hydrogen-bond donors (Lipinski definition) is 2. The molecule has 2 aromatic carbocycles. The zero-order chi connectivity index (χ0) is 16.0. The summed E-state index contributed by atoms with van der Waals surface area (Å²) in [5, 5.41) is 19.8. The molecule has 118 valence electrons. The van der Waals surface area contributed by atoms with E-state index in [9.17, 15) is 15.0 Å². The molecule has 0 bridgehead atoms. The SMILES string of the molecule is O=C(c1ccc2c(c1)CCc1c(O)cc(O)cc1S2)C1CCC1. The van der Waals surface area contributed by atoms with E-state index < -0.39 is 0 Å². The van der Waals surface area contributed by atoms with Crippen molar-refractivity contribution in [2.24, 2.45) is 5.92 Å². The van der Waals surface area contributed by atoms with E-state index in [1.807, 2.05) is 18.2 Å². The molecule has 1 fully saturated rings. The number of phenolic OH excluding ortho intramolecular Hbond substituents is 2. The normalized spacial score (nSPS) is 16.9. The van der Waals surface area contributed by atoms with Gasteiger partial charge in [-0.05, 0) is 49.4 Å². The van der Waals surface area contributed by atoms with Crippen molar-refractivity contribution >= 4 is 17.5 Å². The molecule has 3 nitrogen and oxygen atoms in total. The highest BCUT2D eigenvalue weighted by molar-refractivity contribution is 7.99. The number of fused-ring (bicyclic) bond motifs is 2. The lowest BCUT2D eigenvalue weighted by Gasteiger charge is -2.24. The largest absolute Gasteiger partial charge is 0.508 e.